The van der Waals surface area contributed by atoms with Crippen LogP contribution in [-0.4, -0.2) is 23.1 Å². The molecule has 3 atom stereocenters. The van der Waals surface area contributed by atoms with Crippen LogP contribution < -0.4 is 10.7 Å². The van der Waals surface area contributed by atoms with E-state index in [0.29, 0.717) is 0 Å². The van der Waals surface area contributed by atoms with E-state index in [2.05, 4.69) is 24.6 Å². The fourth-order valence-corrected chi connectivity index (χ4v) is 3.70. The second kappa shape index (κ2) is 6.54. The number of carbonyl (C=O) groups is 1. The number of hydrogen-bond donors (Lipinski definition) is 2. The van der Waals surface area contributed by atoms with Crippen molar-refractivity contribution < 1.29 is 4.79 Å². The molecular formula is C18H24ClN3O. The van der Waals surface area contributed by atoms with E-state index in [9.17, 15) is 4.79 Å². The van der Waals surface area contributed by atoms with Crippen LogP contribution in [0.5, 0.6) is 0 Å². The van der Waals surface area contributed by atoms with Gasteiger partial charge in [0.1, 0.15) is 6.17 Å². The zero-order chi connectivity index (χ0) is 16.6. The molecule has 0 spiro atoms. The summed E-state index contributed by atoms with van der Waals surface area (Å²) >= 11 is 6.00. The van der Waals surface area contributed by atoms with E-state index in [1.807, 2.05) is 31.2 Å². The van der Waals surface area contributed by atoms with Crippen molar-refractivity contribution >= 4 is 17.5 Å². The summed E-state index contributed by atoms with van der Waals surface area (Å²) < 4.78 is 0. The maximum atomic E-state index is 12.8. The standard InChI is InChI=1S/C18H24ClN3O/c1-4-5-6-15-11(2)20-17-16(12(3)21-22(17)18(15)23)13-7-9-14(19)10-8-13/h7-10,12,16-17,20-21H,4-6H2,1-3H3. The second-order valence-electron chi connectivity index (χ2n) is 6.47. The highest BCUT2D eigenvalue weighted by Gasteiger charge is 2.46. The first-order valence-corrected chi connectivity index (χ1v) is 8.72. The number of carbonyl (C=O) groups excluding carboxylic acids is 1. The van der Waals surface area contributed by atoms with Gasteiger partial charge in [-0.15, -0.1) is 0 Å². The minimum Gasteiger partial charge on any atom is -0.367 e. The highest BCUT2D eigenvalue weighted by atomic mass is 35.5. The van der Waals surface area contributed by atoms with Crippen molar-refractivity contribution in [3.8, 4) is 0 Å². The fourth-order valence-electron chi connectivity index (χ4n) is 3.57. The first kappa shape index (κ1) is 16.3. The molecule has 23 heavy (non-hydrogen) atoms. The highest BCUT2D eigenvalue weighted by molar-refractivity contribution is 6.30. The van der Waals surface area contributed by atoms with E-state index in [1.165, 1.54) is 5.56 Å². The number of benzene rings is 1. The van der Waals surface area contributed by atoms with E-state index >= 15 is 0 Å². The molecule has 3 unspecified atom stereocenters. The molecule has 0 radical (unpaired) electrons. The summed E-state index contributed by atoms with van der Waals surface area (Å²) in [7, 11) is 0. The van der Waals surface area contributed by atoms with Gasteiger partial charge in [-0.2, -0.15) is 0 Å². The molecule has 1 saturated heterocycles. The van der Waals surface area contributed by atoms with Crippen LogP contribution in [0.3, 0.4) is 0 Å². The molecule has 3 rings (SSSR count). The van der Waals surface area contributed by atoms with Crippen molar-refractivity contribution in [2.75, 3.05) is 0 Å². The molecule has 5 heteroatoms. The Bertz CT molecular complexity index is 626. The minimum absolute atomic E-state index is 0.0518. The van der Waals surface area contributed by atoms with Gasteiger partial charge < -0.3 is 5.32 Å². The lowest BCUT2D eigenvalue weighted by atomic mass is 9.90. The normalized spacial score (nSPS) is 27.2. The molecule has 0 aromatic heterocycles. The van der Waals surface area contributed by atoms with Crippen molar-refractivity contribution in [2.45, 2.75) is 58.2 Å². The largest absolute Gasteiger partial charge is 0.367 e. The Labute approximate surface area is 142 Å². The molecule has 2 aliphatic rings. The Morgan fingerprint density at radius 2 is 1.96 bits per heavy atom. The summed E-state index contributed by atoms with van der Waals surface area (Å²) in [5, 5.41) is 6.06. The zero-order valence-electron chi connectivity index (χ0n) is 13.9. The Balaban J connectivity index is 1.89. The van der Waals surface area contributed by atoms with Gasteiger partial charge in [0.2, 0.25) is 0 Å². The van der Waals surface area contributed by atoms with Crippen LogP contribution in [0.2, 0.25) is 5.02 Å². The molecule has 1 amide bonds. The highest BCUT2D eigenvalue weighted by Crippen LogP contribution is 2.35. The molecule has 0 aliphatic carbocycles. The molecule has 0 saturated carbocycles. The maximum Gasteiger partial charge on any atom is 0.267 e. The van der Waals surface area contributed by atoms with Crippen LogP contribution in [-0.2, 0) is 4.79 Å². The van der Waals surface area contributed by atoms with E-state index in [0.717, 1.165) is 35.6 Å². The average Bonchev–Trinajstić information content (AvgIpc) is 2.85. The molecule has 1 aromatic rings. The molecule has 1 fully saturated rings. The number of nitrogens with zero attached hydrogens (tertiary/aromatic N) is 1. The smallest absolute Gasteiger partial charge is 0.267 e. The average molecular weight is 334 g/mol. The molecule has 1 aromatic carbocycles. The first-order chi connectivity index (χ1) is 11.0. The third-order valence-corrected chi connectivity index (χ3v) is 5.08. The maximum absolute atomic E-state index is 12.8. The number of allylic oxidation sites excluding steroid dienone is 1. The van der Waals surface area contributed by atoms with Gasteiger partial charge in [-0.05, 0) is 44.4 Å². The van der Waals surface area contributed by atoms with E-state index in [-0.39, 0.29) is 24.0 Å². The Kier molecular flexibility index (Phi) is 4.64. The summed E-state index contributed by atoms with van der Waals surface area (Å²) in [4.78, 5) is 12.8. The number of amides is 1. The lowest BCUT2D eigenvalue weighted by Gasteiger charge is -2.35. The second-order valence-corrected chi connectivity index (χ2v) is 6.90. The van der Waals surface area contributed by atoms with E-state index < -0.39 is 0 Å². The summed E-state index contributed by atoms with van der Waals surface area (Å²) in [6.45, 7) is 6.28. The van der Waals surface area contributed by atoms with Crippen LogP contribution in [0.4, 0.5) is 0 Å². The third-order valence-electron chi connectivity index (χ3n) is 4.83. The number of fused-ring (bicyclic) bond motifs is 1. The van der Waals surface area contributed by atoms with Gasteiger partial charge in [0, 0.05) is 28.3 Å². The predicted molar refractivity (Wildman–Crippen MR) is 92.8 cm³/mol. The molecule has 4 nitrogen and oxygen atoms in total. The summed E-state index contributed by atoms with van der Waals surface area (Å²) in [5.41, 5.74) is 6.45. The van der Waals surface area contributed by atoms with Gasteiger partial charge in [0.25, 0.3) is 5.91 Å². The van der Waals surface area contributed by atoms with Gasteiger partial charge in [-0.1, -0.05) is 37.1 Å². The molecule has 2 heterocycles. The number of hydrogen-bond acceptors (Lipinski definition) is 3. The number of hydrazine groups is 1. The number of halogens is 1. The van der Waals surface area contributed by atoms with Crippen molar-refractivity contribution in [3.05, 3.63) is 46.1 Å². The Morgan fingerprint density at radius 3 is 2.61 bits per heavy atom. The van der Waals surface area contributed by atoms with Crippen LogP contribution >= 0.6 is 11.6 Å². The Morgan fingerprint density at radius 1 is 1.26 bits per heavy atom. The monoisotopic (exact) mass is 333 g/mol. The van der Waals surface area contributed by atoms with Gasteiger partial charge in [0.15, 0.2) is 0 Å². The first-order valence-electron chi connectivity index (χ1n) is 8.34. The molecule has 0 bridgehead atoms. The summed E-state index contributed by atoms with van der Waals surface area (Å²) in [6.07, 6.45) is 2.91. The SMILES string of the molecule is CCCCC1=C(C)NC2C(c3ccc(Cl)cc3)C(C)NN2C1=O. The van der Waals surface area contributed by atoms with Gasteiger partial charge in [-0.3, -0.25) is 9.80 Å². The van der Waals surface area contributed by atoms with E-state index in [1.54, 1.807) is 5.01 Å². The third kappa shape index (κ3) is 2.98. The van der Waals surface area contributed by atoms with E-state index in [4.69, 9.17) is 11.6 Å². The van der Waals surface area contributed by atoms with Crippen LogP contribution in [0, 0.1) is 0 Å². The molecule has 2 N–H and O–H groups in total. The summed E-state index contributed by atoms with van der Waals surface area (Å²) in [5.74, 6) is 0.307. The van der Waals surface area contributed by atoms with Crippen LogP contribution in [0.1, 0.15) is 51.5 Å². The van der Waals surface area contributed by atoms with Crippen molar-refractivity contribution in [1.82, 2.24) is 15.8 Å². The number of unbranched alkanes of at least 4 members (excludes halogenated alkanes) is 1. The predicted octanol–water partition coefficient (Wildman–Crippen LogP) is 3.55. The van der Waals surface area contributed by atoms with Gasteiger partial charge in [-0.25, -0.2) is 5.43 Å². The number of nitrogens with one attached hydrogen (secondary N) is 2. The Hall–Kier alpha value is -1.52. The molecule has 124 valence electrons. The van der Waals surface area contributed by atoms with Crippen molar-refractivity contribution in [2.24, 2.45) is 0 Å². The van der Waals surface area contributed by atoms with Crippen LogP contribution in [0.25, 0.3) is 0 Å². The van der Waals surface area contributed by atoms with Crippen molar-refractivity contribution in [1.29, 1.82) is 0 Å². The van der Waals surface area contributed by atoms with Gasteiger partial charge in [0.05, 0.1) is 0 Å². The topological polar surface area (TPSA) is 44.4 Å². The minimum atomic E-state index is -0.0518. The van der Waals surface area contributed by atoms with Crippen molar-refractivity contribution in [3.63, 3.8) is 0 Å². The van der Waals surface area contributed by atoms with Gasteiger partial charge >= 0.3 is 0 Å². The fraction of sp³-hybridized carbons (Fsp3) is 0.500. The lowest BCUT2D eigenvalue weighted by Crippen LogP contribution is -2.54. The van der Waals surface area contributed by atoms with Crippen LogP contribution in [0.15, 0.2) is 35.5 Å². The molecule has 2 aliphatic heterocycles. The molecular weight excluding hydrogens is 310 g/mol. The zero-order valence-corrected chi connectivity index (χ0v) is 14.7. The lowest BCUT2D eigenvalue weighted by molar-refractivity contribution is -0.133. The number of rotatable bonds is 4. The quantitative estimate of drug-likeness (QED) is 0.885. The summed E-state index contributed by atoms with van der Waals surface area (Å²) in [6, 6.07) is 8.09.